The molecule has 2 rings (SSSR count). The van der Waals surface area contributed by atoms with E-state index in [0.29, 0.717) is 6.07 Å². The molecule has 2 N–H and O–H groups in total. The van der Waals surface area contributed by atoms with Gasteiger partial charge >= 0.3 is 0 Å². The van der Waals surface area contributed by atoms with E-state index in [1.165, 1.54) is 12.1 Å². The number of anilines is 1. The van der Waals surface area contributed by atoms with Gasteiger partial charge in [0.2, 0.25) is 0 Å². The molecule has 96 valence electrons. The molecule has 0 saturated carbocycles. The Balaban J connectivity index is 2.39. The van der Waals surface area contributed by atoms with Crippen LogP contribution in [0.4, 0.5) is 18.9 Å². The smallest absolute Gasteiger partial charge is 0.167 e. The van der Waals surface area contributed by atoms with Crippen molar-refractivity contribution in [3.05, 3.63) is 53.3 Å². The van der Waals surface area contributed by atoms with Crippen molar-refractivity contribution in [2.45, 2.75) is 0 Å². The lowest BCUT2D eigenvalue weighted by atomic mass is 10.2. The summed E-state index contributed by atoms with van der Waals surface area (Å²) in [7, 11) is 0. The van der Waals surface area contributed by atoms with Crippen LogP contribution in [-0.4, -0.2) is 0 Å². The third-order valence-corrected chi connectivity index (χ3v) is 2.34. The molecule has 6 heteroatoms. The Morgan fingerprint density at radius 2 is 1.74 bits per heavy atom. The molecule has 0 atom stereocenters. The van der Waals surface area contributed by atoms with Gasteiger partial charge in [0.05, 0.1) is 11.6 Å². The molecular formula is C13H7F3N2O. The van der Waals surface area contributed by atoms with Crippen molar-refractivity contribution in [1.82, 2.24) is 0 Å². The second-order valence-corrected chi connectivity index (χ2v) is 3.66. The van der Waals surface area contributed by atoms with Gasteiger partial charge in [-0.3, -0.25) is 0 Å². The van der Waals surface area contributed by atoms with E-state index in [9.17, 15) is 13.2 Å². The normalized spacial score (nSPS) is 10.0. The average Bonchev–Trinajstić information content (AvgIpc) is 2.37. The lowest BCUT2D eigenvalue weighted by Crippen LogP contribution is -1.98. The summed E-state index contributed by atoms with van der Waals surface area (Å²) in [5.74, 6) is -3.33. The summed E-state index contributed by atoms with van der Waals surface area (Å²) >= 11 is 0. The van der Waals surface area contributed by atoms with Crippen LogP contribution in [0.2, 0.25) is 0 Å². The van der Waals surface area contributed by atoms with Gasteiger partial charge in [-0.1, -0.05) is 0 Å². The SMILES string of the molecule is N#Cc1ccc(Oc2cc(F)cc(F)c2N)c(F)c1. The molecule has 0 aliphatic rings. The molecule has 0 amide bonds. The molecule has 0 unspecified atom stereocenters. The maximum absolute atomic E-state index is 13.6. The Bertz CT molecular complexity index is 680. The molecule has 3 nitrogen and oxygen atoms in total. The van der Waals surface area contributed by atoms with Gasteiger partial charge in [0.1, 0.15) is 11.5 Å². The standard InChI is InChI=1S/C13H7F3N2O/c14-8-4-10(16)13(18)12(5-8)19-11-2-1-7(6-17)3-9(11)15/h1-5H,18H2. The number of ether oxygens (including phenoxy) is 1. The number of nitrogen functional groups attached to an aromatic ring is 1. The fourth-order valence-electron chi connectivity index (χ4n) is 1.42. The fraction of sp³-hybridized carbons (Fsp3) is 0. The Labute approximate surface area is 106 Å². The van der Waals surface area contributed by atoms with Crippen molar-refractivity contribution in [3.8, 4) is 17.6 Å². The van der Waals surface area contributed by atoms with Crippen LogP contribution in [0.25, 0.3) is 0 Å². The summed E-state index contributed by atoms with van der Waals surface area (Å²) in [5.41, 5.74) is 5.04. The van der Waals surface area contributed by atoms with Gasteiger partial charge in [-0.05, 0) is 18.2 Å². The number of hydrogen-bond donors (Lipinski definition) is 1. The van der Waals surface area contributed by atoms with Crippen LogP contribution < -0.4 is 10.5 Å². The first-order chi connectivity index (χ1) is 9.01. The van der Waals surface area contributed by atoms with Gasteiger partial charge in [0.25, 0.3) is 0 Å². The molecule has 0 heterocycles. The van der Waals surface area contributed by atoms with E-state index in [1.54, 1.807) is 6.07 Å². The van der Waals surface area contributed by atoms with Gasteiger partial charge in [-0.25, -0.2) is 13.2 Å². The quantitative estimate of drug-likeness (QED) is 0.846. The molecular weight excluding hydrogens is 257 g/mol. The fourth-order valence-corrected chi connectivity index (χ4v) is 1.42. The second-order valence-electron chi connectivity index (χ2n) is 3.66. The summed E-state index contributed by atoms with van der Waals surface area (Å²) in [6.45, 7) is 0. The van der Waals surface area contributed by atoms with E-state index in [-0.39, 0.29) is 17.1 Å². The highest BCUT2D eigenvalue weighted by Crippen LogP contribution is 2.31. The number of halogens is 3. The van der Waals surface area contributed by atoms with Crippen molar-refractivity contribution < 1.29 is 17.9 Å². The number of benzene rings is 2. The van der Waals surface area contributed by atoms with Gasteiger partial charge in [-0.2, -0.15) is 5.26 Å². The van der Waals surface area contributed by atoms with E-state index in [1.807, 2.05) is 0 Å². The first kappa shape index (κ1) is 12.8. The minimum atomic E-state index is -0.996. The van der Waals surface area contributed by atoms with Gasteiger partial charge in [0, 0.05) is 12.1 Å². The summed E-state index contributed by atoms with van der Waals surface area (Å²) in [6.07, 6.45) is 0. The van der Waals surface area contributed by atoms with Crippen LogP contribution in [0.3, 0.4) is 0 Å². The highest BCUT2D eigenvalue weighted by molar-refractivity contribution is 5.55. The maximum atomic E-state index is 13.6. The zero-order valence-corrected chi connectivity index (χ0v) is 9.45. The number of rotatable bonds is 2. The van der Waals surface area contributed by atoms with Crippen molar-refractivity contribution >= 4 is 5.69 Å². The first-order valence-corrected chi connectivity index (χ1v) is 5.13. The van der Waals surface area contributed by atoms with E-state index in [2.05, 4.69) is 0 Å². The van der Waals surface area contributed by atoms with Crippen LogP contribution >= 0.6 is 0 Å². The molecule has 2 aromatic rings. The third kappa shape index (κ3) is 2.60. The van der Waals surface area contributed by atoms with Crippen LogP contribution in [0, 0.1) is 28.8 Å². The molecule has 19 heavy (non-hydrogen) atoms. The number of nitrogens with two attached hydrogens (primary N) is 1. The molecule has 0 radical (unpaired) electrons. The van der Waals surface area contributed by atoms with E-state index < -0.39 is 23.1 Å². The van der Waals surface area contributed by atoms with Gasteiger partial charge in [-0.15, -0.1) is 0 Å². The number of hydrogen-bond acceptors (Lipinski definition) is 3. The predicted octanol–water partition coefficient (Wildman–Crippen LogP) is 3.35. The molecule has 0 aromatic heterocycles. The highest BCUT2D eigenvalue weighted by Gasteiger charge is 2.13. The molecule has 0 aliphatic heterocycles. The highest BCUT2D eigenvalue weighted by atomic mass is 19.1. The third-order valence-electron chi connectivity index (χ3n) is 2.34. The summed E-state index contributed by atoms with van der Waals surface area (Å²) in [5, 5.41) is 8.58. The minimum Gasteiger partial charge on any atom is -0.452 e. The molecule has 0 fully saturated rings. The molecule has 0 spiro atoms. The Morgan fingerprint density at radius 3 is 2.37 bits per heavy atom. The van der Waals surface area contributed by atoms with Crippen LogP contribution in [0.1, 0.15) is 5.56 Å². The second kappa shape index (κ2) is 4.90. The van der Waals surface area contributed by atoms with E-state index in [4.69, 9.17) is 15.7 Å². The summed E-state index contributed by atoms with van der Waals surface area (Å²) < 4.78 is 44.8. The Hall–Kier alpha value is -2.68. The van der Waals surface area contributed by atoms with Gasteiger partial charge < -0.3 is 10.5 Å². The molecule has 0 bridgehead atoms. The van der Waals surface area contributed by atoms with Crippen molar-refractivity contribution in [2.75, 3.05) is 5.73 Å². The van der Waals surface area contributed by atoms with E-state index in [0.717, 1.165) is 12.1 Å². The lowest BCUT2D eigenvalue weighted by Gasteiger charge is -2.10. The molecule has 0 aliphatic carbocycles. The monoisotopic (exact) mass is 264 g/mol. The number of nitriles is 1. The van der Waals surface area contributed by atoms with Crippen LogP contribution in [0.5, 0.6) is 11.5 Å². The first-order valence-electron chi connectivity index (χ1n) is 5.13. The Kier molecular flexibility index (Phi) is 3.29. The average molecular weight is 264 g/mol. The Morgan fingerprint density at radius 1 is 1.00 bits per heavy atom. The van der Waals surface area contributed by atoms with Crippen molar-refractivity contribution in [2.24, 2.45) is 0 Å². The van der Waals surface area contributed by atoms with Crippen LogP contribution in [-0.2, 0) is 0 Å². The maximum Gasteiger partial charge on any atom is 0.167 e. The number of nitrogens with zero attached hydrogens (tertiary/aromatic N) is 1. The molecule has 0 saturated heterocycles. The van der Waals surface area contributed by atoms with Crippen molar-refractivity contribution in [1.29, 1.82) is 5.26 Å². The largest absolute Gasteiger partial charge is 0.452 e. The topological polar surface area (TPSA) is 59.0 Å². The van der Waals surface area contributed by atoms with E-state index >= 15 is 0 Å². The summed E-state index contributed by atoms with van der Waals surface area (Å²) in [6, 6.07) is 6.62. The molecule has 2 aromatic carbocycles. The van der Waals surface area contributed by atoms with Crippen LogP contribution in [0.15, 0.2) is 30.3 Å². The van der Waals surface area contributed by atoms with Crippen molar-refractivity contribution in [3.63, 3.8) is 0 Å². The van der Waals surface area contributed by atoms with Gasteiger partial charge in [0.15, 0.2) is 23.1 Å². The zero-order chi connectivity index (χ0) is 14.0. The zero-order valence-electron chi connectivity index (χ0n) is 9.45. The lowest BCUT2D eigenvalue weighted by molar-refractivity contribution is 0.436. The minimum absolute atomic E-state index is 0.100. The predicted molar refractivity (Wildman–Crippen MR) is 62.0 cm³/mol. The summed E-state index contributed by atoms with van der Waals surface area (Å²) in [4.78, 5) is 0.